The smallest absolute Gasteiger partial charge is 0.123 e. The van der Waals surface area contributed by atoms with Crippen LogP contribution in [0.3, 0.4) is 0 Å². The van der Waals surface area contributed by atoms with E-state index in [1.54, 1.807) is 0 Å². The minimum absolute atomic E-state index is 0.403. The second-order valence-electron chi connectivity index (χ2n) is 2.12. The van der Waals surface area contributed by atoms with Crippen molar-refractivity contribution in [3.8, 4) is 0 Å². The quantitative estimate of drug-likeness (QED) is 0.498. The van der Waals surface area contributed by atoms with Gasteiger partial charge in [-0.25, -0.2) is 0 Å². The first-order chi connectivity index (χ1) is 3.27. The lowest BCUT2D eigenvalue weighted by molar-refractivity contribution is 0.692. The van der Waals surface area contributed by atoms with Gasteiger partial charge in [-0.2, -0.15) is 0 Å². The van der Waals surface area contributed by atoms with Crippen LogP contribution in [0.25, 0.3) is 0 Å². The molecule has 42 valence electrons. The molecular weight excluding hydrogens is 84.9 g/mol. The fraction of sp³-hybridized carbons (Fsp3) is 1.00. The summed E-state index contributed by atoms with van der Waals surface area (Å²) >= 11 is 0. The summed E-state index contributed by atoms with van der Waals surface area (Å²) in [5.41, 5.74) is 5.48. The Balaban J connectivity index is 2.68. The van der Waals surface area contributed by atoms with Gasteiger partial charge in [-0.05, 0) is 12.4 Å². The molecule has 0 bridgehead atoms. The van der Waals surface area contributed by atoms with Crippen LogP contribution in [-0.4, -0.2) is 13.8 Å². The maximum absolute atomic E-state index is 5.48. The van der Waals surface area contributed by atoms with Gasteiger partial charge in [0, 0.05) is 0 Å². The predicted molar refractivity (Wildman–Crippen MR) is 36.0 cm³/mol. The number of hydrogen-bond acceptors (Lipinski definition) is 1. The highest BCUT2D eigenvalue weighted by molar-refractivity contribution is 6.11. The van der Waals surface area contributed by atoms with E-state index in [-0.39, 0.29) is 0 Å². The number of nitrogens with two attached hydrogens (primary N) is 1. The van der Waals surface area contributed by atoms with E-state index in [1.165, 1.54) is 19.3 Å². The molecule has 7 heavy (non-hydrogen) atoms. The van der Waals surface area contributed by atoms with Crippen molar-refractivity contribution in [2.75, 3.05) is 0 Å². The van der Waals surface area contributed by atoms with Gasteiger partial charge in [-0.3, -0.25) is 0 Å². The second kappa shape index (κ2) is 4.19. The summed E-state index contributed by atoms with van der Waals surface area (Å²) in [4.78, 5) is 0. The summed E-state index contributed by atoms with van der Waals surface area (Å²) in [6.07, 6.45) is 3.72. The topological polar surface area (TPSA) is 26.0 Å². The van der Waals surface area contributed by atoms with Crippen molar-refractivity contribution >= 4 is 7.85 Å². The average molecular weight is 99.0 g/mol. The molecule has 0 saturated heterocycles. The maximum Gasteiger partial charge on any atom is 0.123 e. The van der Waals surface area contributed by atoms with Crippen LogP contribution in [0.1, 0.15) is 26.2 Å². The van der Waals surface area contributed by atoms with Gasteiger partial charge in [0.2, 0.25) is 0 Å². The first kappa shape index (κ1) is 7.02. The molecule has 0 rings (SSSR count). The molecule has 0 spiro atoms. The fourth-order valence-corrected chi connectivity index (χ4v) is 0.526. The Morgan fingerprint density at radius 1 is 1.71 bits per heavy atom. The second-order valence-corrected chi connectivity index (χ2v) is 2.12. The predicted octanol–water partition coefficient (Wildman–Crippen LogP) is 0.0945. The monoisotopic (exact) mass is 99.1 g/mol. The van der Waals surface area contributed by atoms with E-state index in [0.29, 0.717) is 5.94 Å². The lowest BCUT2D eigenvalue weighted by Gasteiger charge is -1.99. The molecule has 0 radical (unpaired) electrons. The van der Waals surface area contributed by atoms with Crippen LogP contribution in [0.5, 0.6) is 0 Å². The Kier molecular flexibility index (Phi) is 4.21. The highest BCUT2D eigenvalue weighted by Crippen LogP contribution is 1.93. The third kappa shape index (κ3) is 6.02. The Hall–Kier alpha value is 0.0249. The van der Waals surface area contributed by atoms with E-state index in [9.17, 15) is 0 Å². The molecule has 0 aromatic heterocycles. The largest absolute Gasteiger partial charge is 0.335 e. The molecule has 0 fully saturated rings. The zero-order valence-corrected chi connectivity index (χ0v) is 5.28. The van der Waals surface area contributed by atoms with Crippen LogP contribution in [0.4, 0.5) is 0 Å². The standard InChI is InChI=1S/C5H14BN/c1-2-3-4-5(6)7/h5H,2-4,6-7H2,1H3. The van der Waals surface area contributed by atoms with E-state index in [1.807, 2.05) is 0 Å². The lowest BCUT2D eigenvalue weighted by atomic mass is 9.93. The van der Waals surface area contributed by atoms with Crippen molar-refractivity contribution < 1.29 is 0 Å². The normalized spacial score (nSPS) is 14.0. The van der Waals surface area contributed by atoms with Crippen molar-refractivity contribution in [2.24, 2.45) is 5.73 Å². The Bertz CT molecular complexity index is 37.1. The van der Waals surface area contributed by atoms with Crippen LogP contribution < -0.4 is 5.73 Å². The zero-order valence-electron chi connectivity index (χ0n) is 5.28. The van der Waals surface area contributed by atoms with Gasteiger partial charge >= 0.3 is 0 Å². The summed E-state index contributed by atoms with van der Waals surface area (Å²) in [5, 5.41) is 0. The molecule has 1 atom stereocenters. The van der Waals surface area contributed by atoms with Gasteiger partial charge in [0.15, 0.2) is 0 Å². The van der Waals surface area contributed by atoms with E-state index in [0.717, 1.165) is 0 Å². The van der Waals surface area contributed by atoms with Gasteiger partial charge < -0.3 is 5.73 Å². The van der Waals surface area contributed by atoms with Crippen molar-refractivity contribution in [1.29, 1.82) is 0 Å². The summed E-state index contributed by atoms with van der Waals surface area (Å²) in [6.45, 7) is 2.18. The summed E-state index contributed by atoms with van der Waals surface area (Å²) in [7, 11) is 2.05. The summed E-state index contributed by atoms with van der Waals surface area (Å²) < 4.78 is 0. The van der Waals surface area contributed by atoms with Crippen molar-refractivity contribution in [3.63, 3.8) is 0 Å². The summed E-state index contributed by atoms with van der Waals surface area (Å²) in [6, 6.07) is 0. The summed E-state index contributed by atoms with van der Waals surface area (Å²) in [5.74, 6) is 0.403. The molecule has 2 N–H and O–H groups in total. The Morgan fingerprint density at radius 3 is 2.43 bits per heavy atom. The van der Waals surface area contributed by atoms with Crippen molar-refractivity contribution in [2.45, 2.75) is 32.1 Å². The minimum Gasteiger partial charge on any atom is -0.335 e. The molecule has 0 amide bonds. The van der Waals surface area contributed by atoms with Crippen LogP contribution in [0, 0.1) is 0 Å². The molecule has 2 heteroatoms. The molecule has 0 aliphatic carbocycles. The minimum atomic E-state index is 0.403. The molecule has 0 heterocycles. The fourth-order valence-electron chi connectivity index (χ4n) is 0.526. The van der Waals surface area contributed by atoms with Gasteiger partial charge in [0.1, 0.15) is 7.85 Å². The van der Waals surface area contributed by atoms with Crippen molar-refractivity contribution in [3.05, 3.63) is 0 Å². The van der Waals surface area contributed by atoms with E-state index < -0.39 is 0 Å². The van der Waals surface area contributed by atoms with Crippen LogP contribution in [-0.2, 0) is 0 Å². The SMILES string of the molecule is BC(N)CCCC. The first-order valence-corrected chi connectivity index (χ1v) is 3.03. The van der Waals surface area contributed by atoms with Gasteiger partial charge in [0.25, 0.3) is 0 Å². The van der Waals surface area contributed by atoms with Crippen LogP contribution in [0.2, 0.25) is 0 Å². The number of unbranched alkanes of at least 4 members (excludes halogenated alkanes) is 1. The van der Waals surface area contributed by atoms with Crippen LogP contribution in [0.15, 0.2) is 0 Å². The number of hydrogen-bond donors (Lipinski definition) is 1. The van der Waals surface area contributed by atoms with Crippen LogP contribution >= 0.6 is 0 Å². The molecule has 0 aliphatic heterocycles. The van der Waals surface area contributed by atoms with E-state index in [4.69, 9.17) is 5.73 Å². The van der Waals surface area contributed by atoms with Gasteiger partial charge in [0.05, 0.1) is 0 Å². The third-order valence-electron chi connectivity index (χ3n) is 1.01. The molecule has 1 nitrogen and oxygen atoms in total. The van der Waals surface area contributed by atoms with Gasteiger partial charge in [-0.1, -0.05) is 19.8 Å². The Labute approximate surface area is 46.7 Å². The highest BCUT2D eigenvalue weighted by atomic mass is 14.6. The van der Waals surface area contributed by atoms with Crippen molar-refractivity contribution in [1.82, 2.24) is 0 Å². The highest BCUT2D eigenvalue weighted by Gasteiger charge is 1.89. The van der Waals surface area contributed by atoms with E-state index >= 15 is 0 Å². The third-order valence-corrected chi connectivity index (χ3v) is 1.01. The molecule has 0 aliphatic rings. The molecular formula is C5H14BN. The molecule has 0 aromatic rings. The van der Waals surface area contributed by atoms with Gasteiger partial charge in [-0.15, -0.1) is 0 Å². The van der Waals surface area contributed by atoms with E-state index in [2.05, 4.69) is 14.8 Å². The average Bonchev–Trinajstić information content (AvgIpc) is 1.61. The maximum atomic E-state index is 5.48. The molecule has 0 aromatic carbocycles. The Morgan fingerprint density at radius 2 is 2.29 bits per heavy atom. The lowest BCUT2D eigenvalue weighted by Crippen LogP contribution is -2.18. The molecule has 1 unspecified atom stereocenters. The number of rotatable bonds is 3. The molecule has 0 saturated carbocycles. The zero-order chi connectivity index (χ0) is 5.70. The first-order valence-electron chi connectivity index (χ1n) is 3.03.